The lowest BCUT2D eigenvalue weighted by atomic mass is 10.1. The van der Waals surface area contributed by atoms with Gasteiger partial charge in [-0.3, -0.25) is 9.63 Å². The van der Waals surface area contributed by atoms with E-state index in [1.54, 1.807) is 6.07 Å². The van der Waals surface area contributed by atoms with Crippen LogP contribution in [0.5, 0.6) is 5.75 Å². The number of hydrogen-bond donors (Lipinski definition) is 1. The Kier molecular flexibility index (Phi) is 3.06. The van der Waals surface area contributed by atoms with Gasteiger partial charge >= 0.3 is 0 Å². The molecule has 5 nitrogen and oxygen atoms in total. The number of hydrogen-bond acceptors (Lipinski definition) is 4. The molecule has 0 radical (unpaired) electrons. The number of benzene rings is 1. The summed E-state index contributed by atoms with van der Waals surface area (Å²) in [6, 6.07) is 5.56. The van der Waals surface area contributed by atoms with Crippen LogP contribution >= 0.6 is 0 Å². The Bertz CT molecular complexity index is 456. The van der Waals surface area contributed by atoms with Crippen LogP contribution in [0.2, 0.25) is 0 Å². The van der Waals surface area contributed by atoms with Gasteiger partial charge in [0.25, 0.3) is 5.91 Å². The molecular weight excluding hydrogens is 232 g/mol. The second-order valence-electron chi connectivity index (χ2n) is 4.41. The first-order valence-electron chi connectivity index (χ1n) is 6.31. The molecule has 18 heavy (non-hydrogen) atoms. The highest BCUT2D eigenvalue weighted by Gasteiger charge is 2.25. The molecule has 0 unspecified atom stereocenters. The van der Waals surface area contributed by atoms with E-state index in [0.717, 1.165) is 25.1 Å². The van der Waals surface area contributed by atoms with Crippen LogP contribution in [-0.4, -0.2) is 37.3 Å². The molecule has 1 N–H and O–H groups in total. The molecule has 2 aliphatic heterocycles. The van der Waals surface area contributed by atoms with Gasteiger partial charge in [-0.2, -0.15) is 0 Å². The lowest BCUT2D eigenvalue weighted by Crippen LogP contribution is -2.36. The van der Waals surface area contributed by atoms with E-state index in [4.69, 9.17) is 9.57 Å². The van der Waals surface area contributed by atoms with Gasteiger partial charge < -0.3 is 10.1 Å². The van der Waals surface area contributed by atoms with E-state index >= 15 is 0 Å². The summed E-state index contributed by atoms with van der Waals surface area (Å²) >= 11 is 0. The van der Waals surface area contributed by atoms with Crippen molar-refractivity contribution in [2.75, 3.05) is 31.6 Å². The van der Waals surface area contributed by atoms with Gasteiger partial charge in [-0.1, -0.05) is 6.07 Å². The molecule has 96 valence electrons. The van der Waals surface area contributed by atoms with E-state index in [9.17, 15) is 4.79 Å². The molecule has 0 atom stereocenters. The van der Waals surface area contributed by atoms with E-state index in [-0.39, 0.29) is 5.91 Å². The second kappa shape index (κ2) is 4.86. The third-order valence-electron chi connectivity index (χ3n) is 3.14. The van der Waals surface area contributed by atoms with Crippen LogP contribution in [0.3, 0.4) is 0 Å². The largest absolute Gasteiger partial charge is 0.489 e. The SMILES string of the molecule is O=C(c1cccc2c1OCCN2)N1CCCCO1. The Balaban J connectivity index is 1.89. The van der Waals surface area contributed by atoms with Crippen molar-refractivity contribution < 1.29 is 14.4 Å². The normalized spacial score (nSPS) is 18.6. The van der Waals surface area contributed by atoms with Crippen LogP contribution in [0.25, 0.3) is 0 Å². The first-order valence-corrected chi connectivity index (χ1v) is 6.31. The monoisotopic (exact) mass is 248 g/mol. The topological polar surface area (TPSA) is 50.8 Å². The number of fused-ring (bicyclic) bond motifs is 1. The molecule has 0 spiro atoms. The average molecular weight is 248 g/mol. The fourth-order valence-electron chi connectivity index (χ4n) is 2.23. The van der Waals surface area contributed by atoms with Crippen LogP contribution in [0.4, 0.5) is 5.69 Å². The summed E-state index contributed by atoms with van der Waals surface area (Å²) in [4.78, 5) is 17.8. The number of rotatable bonds is 1. The zero-order chi connectivity index (χ0) is 12.4. The van der Waals surface area contributed by atoms with E-state index in [1.165, 1.54) is 5.06 Å². The smallest absolute Gasteiger partial charge is 0.281 e. The number of nitrogens with zero attached hydrogens (tertiary/aromatic N) is 1. The van der Waals surface area contributed by atoms with Gasteiger partial charge in [0.2, 0.25) is 0 Å². The van der Waals surface area contributed by atoms with E-state index in [1.807, 2.05) is 12.1 Å². The fraction of sp³-hybridized carbons (Fsp3) is 0.462. The molecular formula is C13H16N2O3. The number of para-hydroxylation sites is 1. The number of nitrogens with one attached hydrogen (secondary N) is 1. The fourth-order valence-corrected chi connectivity index (χ4v) is 2.23. The molecule has 0 aromatic heterocycles. The number of ether oxygens (including phenoxy) is 1. The quantitative estimate of drug-likeness (QED) is 0.821. The minimum absolute atomic E-state index is 0.116. The maximum Gasteiger partial charge on any atom is 0.281 e. The molecule has 0 bridgehead atoms. The van der Waals surface area contributed by atoms with Gasteiger partial charge in [0.15, 0.2) is 5.75 Å². The van der Waals surface area contributed by atoms with Gasteiger partial charge in [-0.15, -0.1) is 0 Å². The molecule has 3 rings (SSSR count). The zero-order valence-electron chi connectivity index (χ0n) is 10.1. The highest BCUT2D eigenvalue weighted by atomic mass is 16.7. The summed E-state index contributed by atoms with van der Waals surface area (Å²) < 4.78 is 5.60. The average Bonchev–Trinajstić information content (AvgIpc) is 2.47. The summed E-state index contributed by atoms with van der Waals surface area (Å²) in [7, 11) is 0. The van der Waals surface area contributed by atoms with E-state index in [2.05, 4.69) is 5.32 Å². The molecule has 1 aromatic carbocycles. The van der Waals surface area contributed by atoms with Crippen LogP contribution in [0.1, 0.15) is 23.2 Å². The van der Waals surface area contributed by atoms with Crippen LogP contribution in [0, 0.1) is 0 Å². The minimum Gasteiger partial charge on any atom is -0.489 e. The number of carbonyl (C=O) groups is 1. The van der Waals surface area contributed by atoms with Crippen molar-refractivity contribution in [3.8, 4) is 5.75 Å². The van der Waals surface area contributed by atoms with Crippen molar-refractivity contribution >= 4 is 11.6 Å². The standard InChI is InChI=1S/C13H16N2O3/c16-13(15-7-1-2-8-18-15)10-4-3-5-11-12(10)17-9-6-14-11/h3-5,14H,1-2,6-9H2. The molecule has 2 heterocycles. The third-order valence-corrected chi connectivity index (χ3v) is 3.14. The Labute approximate surface area is 106 Å². The van der Waals surface area contributed by atoms with E-state index < -0.39 is 0 Å². The van der Waals surface area contributed by atoms with Gasteiger partial charge in [0.1, 0.15) is 6.61 Å². The summed E-state index contributed by atoms with van der Waals surface area (Å²) in [5.74, 6) is 0.526. The van der Waals surface area contributed by atoms with Crippen molar-refractivity contribution in [2.24, 2.45) is 0 Å². The van der Waals surface area contributed by atoms with Crippen LogP contribution < -0.4 is 10.1 Å². The summed E-state index contributed by atoms with van der Waals surface area (Å²) in [5.41, 5.74) is 1.45. The molecule has 5 heteroatoms. The Hall–Kier alpha value is -1.75. The Morgan fingerprint density at radius 3 is 3.06 bits per heavy atom. The van der Waals surface area contributed by atoms with Gasteiger partial charge in [0.05, 0.1) is 17.9 Å². The maximum absolute atomic E-state index is 12.4. The molecule has 1 fully saturated rings. The van der Waals surface area contributed by atoms with Crippen molar-refractivity contribution in [1.82, 2.24) is 5.06 Å². The molecule has 1 saturated heterocycles. The number of anilines is 1. The summed E-state index contributed by atoms with van der Waals surface area (Å²) in [6.45, 7) is 2.61. The number of hydroxylamine groups is 2. The Morgan fingerprint density at radius 2 is 2.22 bits per heavy atom. The van der Waals surface area contributed by atoms with Crippen molar-refractivity contribution in [2.45, 2.75) is 12.8 Å². The molecule has 0 saturated carbocycles. The third kappa shape index (κ3) is 2.01. The summed E-state index contributed by atoms with van der Waals surface area (Å²) in [5, 5.41) is 4.67. The lowest BCUT2D eigenvalue weighted by molar-refractivity contribution is -0.144. The van der Waals surface area contributed by atoms with E-state index in [0.29, 0.717) is 31.1 Å². The second-order valence-corrected chi connectivity index (χ2v) is 4.41. The van der Waals surface area contributed by atoms with Gasteiger partial charge in [-0.25, -0.2) is 5.06 Å². The molecule has 2 aliphatic rings. The number of amides is 1. The maximum atomic E-state index is 12.4. The number of carbonyl (C=O) groups excluding carboxylic acids is 1. The van der Waals surface area contributed by atoms with Crippen molar-refractivity contribution in [1.29, 1.82) is 0 Å². The van der Waals surface area contributed by atoms with Gasteiger partial charge in [0, 0.05) is 13.1 Å². The summed E-state index contributed by atoms with van der Waals surface area (Å²) in [6.07, 6.45) is 1.99. The van der Waals surface area contributed by atoms with Gasteiger partial charge in [-0.05, 0) is 25.0 Å². The first kappa shape index (κ1) is 11.3. The minimum atomic E-state index is -0.116. The molecule has 0 aliphatic carbocycles. The highest BCUT2D eigenvalue weighted by molar-refractivity contribution is 5.98. The van der Waals surface area contributed by atoms with Crippen LogP contribution in [-0.2, 0) is 4.84 Å². The lowest BCUT2D eigenvalue weighted by Gasteiger charge is -2.28. The zero-order valence-corrected chi connectivity index (χ0v) is 10.1. The predicted molar refractivity (Wildman–Crippen MR) is 66.6 cm³/mol. The first-order chi connectivity index (χ1) is 8.86. The molecule has 1 amide bonds. The molecule has 1 aromatic rings. The van der Waals surface area contributed by atoms with Crippen molar-refractivity contribution in [3.63, 3.8) is 0 Å². The van der Waals surface area contributed by atoms with Crippen LogP contribution in [0.15, 0.2) is 18.2 Å². The van der Waals surface area contributed by atoms with Crippen molar-refractivity contribution in [3.05, 3.63) is 23.8 Å². The predicted octanol–water partition coefficient (Wildman–Crippen LogP) is 1.66. The highest BCUT2D eigenvalue weighted by Crippen LogP contribution is 2.32. The Morgan fingerprint density at radius 1 is 1.28 bits per heavy atom.